The quantitative estimate of drug-likeness (QED) is 0.611. The molecule has 0 saturated carbocycles. The molecule has 1 aliphatic heterocycles. The monoisotopic (exact) mass is 374 g/mol. The Labute approximate surface area is 138 Å². The van der Waals surface area contributed by atoms with E-state index in [2.05, 4.69) is 31.7 Å². The van der Waals surface area contributed by atoms with Crippen LogP contribution in [0.2, 0.25) is 0 Å². The third-order valence-electron chi connectivity index (χ3n) is 3.65. The molecule has 22 heavy (non-hydrogen) atoms. The molecule has 1 aromatic rings. The van der Waals surface area contributed by atoms with Crippen LogP contribution in [-0.4, -0.2) is 44.7 Å². The molecule has 9 heteroatoms. The third kappa shape index (κ3) is 3.76. The van der Waals surface area contributed by atoms with Gasteiger partial charge in [0.2, 0.25) is 0 Å². The van der Waals surface area contributed by atoms with Crippen molar-refractivity contribution >= 4 is 22.0 Å². The smallest absolute Gasteiger partial charge is 0.410 e. The van der Waals surface area contributed by atoms with Crippen LogP contribution in [0.4, 0.5) is 4.79 Å². The molecule has 2 heterocycles. The van der Waals surface area contributed by atoms with Crippen molar-refractivity contribution in [3.63, 3.8) is 0 Å². The van der Waals surface area contributed by atoms with Gasteiger partial charge in [-0.2, -0.15) is 0 Å². The summed E-state index contributed by atoms with van der Waals surface area (Å²) in [6, 6.07) is -0.137. The van der Waals surface area contributed by atoms with E-state index < -0.39 is 5.60 Å². The van der Waals surface area contributed by atoms with Gasteiger partial charge in [-0.3, -0.25) is 11.3 Å². The second-order valence-corrected chi connectivity index (χ2v) is 7.26. The van der Waals surface area contributed by atoms with Crippen LogP contribution in [0, 0.1) is 5.92 Å². The van der Waals surface area contributed by atoms with Gasteiger partial charge >= 0.3 is 6.09 Å². The lowest BCUT2D eigenvalue weighted by molar-refractivity contribution is 0.0285. The third-order valence-corrected chi connectivity index (χ3v) is 4.21. The Balaban J connectivity index is 2.07. The normalized spacial score (nSPS) is 20.3. The molecule has 0 bridgehead atoms. The van der Waals surface area contributed by atoms with Gasteiger partial charge in [0.05, 0.1) is 11.7 Å². The first kappa shape index (κ1) is 17.2. The molecule has 1 fully saturated rings. The average Bonchev–Trinajstić information content (AvgIpc) is 3.00. The number of nitrogens with one attached hydrogen (secondary N) is 1. The fraction of sp³-hybridized carbons (Fsp3) is 0.769. The number of aromatic nitrogens is 3. The number of hydrazine groups is 1. The Morgan fingerprint density at radius 3 is 2.73 bits per heavy atom. The van der Waals surface area contributed by atoms with Gasteiger partial charge in [-0.1, -0.05) is 5.21 Å². The summed E-state index contributed by atoms with van der Waals surface area (Å²) in [4.78, 5) is 13.9. The van der Waals surface area contributed by atoms with E-state index in [0.29, 0.717) is 17.7 Å². The molecule has 2 atom stereocenters. The molecule has 124 valence electrons. The van der Waals surface area contributed by atoms with Crippen LogP contribution in [0.25, 0.3) is 0 Å². The number of aryl methyl sites for hydroxylation is 1. The second kappa shape index (κ2) is 6.51. The first-order valence-electron chi connectivity index (χ1n) is 7.22. The van der Waals surface area contributed by atoms with Gasteiger partial charge in [0.1, 0.15) is 5.60 Å². The topological polar surface area (TPSA) is 98.3 Å². The number of hydrogen-bond acceptors (Lipinski definition) is 6. The van der Waals surface area contributed by atoms with Crippen LogP contribution in [0.15, 0.2) is 4.60 Å². The Morgan fingerprint density at radius 1 is 1.55 bits per heavy atom. The minimum Gasteiger partial charge on any atom is -0.444 e. The maximum absolute atomic E-state index is 12.2. The molecular formula is C13H23BrN6O2. The van der Waals surface area contributed by atoms with Crippen LogP contribution in [0.3, 0.4) is 0 Å². The van der Waals surface area contributed by atoms with E-state index in [1.54, 1.807) is 9.58 Å². The van der Waals surface area contributed by atoms with Gasteiger partial charge in [-0.25, -0.2) is 9.48 Å². The van der Waals surface area contributed by atoms with Gasteiger partial charge in [-0.15, -0.1) is 5.10 Å². The van der Waals surface area contributed by atoms with Crippen molar-refractivity contribution < 1.29 is 9.53 Å². The minimum atomic E-state index is -0.490. The van der Waals surface area contributed by atoms with E-state index in [4.69, 9.17) is 10.6 Å². The molecule has 0 aromatic carbocycles. The summed E-state index contributed by atoms with van der Waals surface area (Å²) in [5, 5.41) is 7.97. The summed E-state index contributed by atoms with van der Waals surface area (Å²) in [5.74, 6) is 5.90. The number of amides is 1. The van der Waals surface area contributed by atoms with Gasteiger partial charge in [-0.05, 0) is 43.1 Å². The number of likely N-dealkylation sites (tertiary alicyclic amines) is 1. The number of carbonyl (C=O) groups is 1. The summed E-state index contributed by atoms with van der Waals surface area (Å²) >= 11 is 3.39. The highest BCUT2D eigenvalue weighted by Crippen LogP contribution is 2.32. The van der Waals surface area contributed by atoms with Crippen LogP contribution in [0.1, 0.15) is 38.9 Å². The Hall–Kier alpha value is -1.19. The van der Waals surface area contributed by atoms with E-state index in [0.717, 1.165) is 12.1 Å². The van der Waals surface area contributed by atoms with E-state index in [-0.39, 0.29) is 18.1 Å². The lowest BCUT2D eigenvalue weighted by atomic mass is 9.97. The number of carbonyl (C=O) groups excluding carboxylic acids is 1. The van der Waals surface area contributed by atoms with Crippen molar-refractivity contribution in [1.29, 1.82) is 0 Å². The molecule has 2 unspecified atom stereocenters. The maximum Gasteiger partial charge on any atom is 0.410 e. The summed E-state index contributed by atoms with van der Waals surface area (Å²) in [6.45, 7) is 6.82. The molecule has 0 spiro atoms. The highest BCUT2D eigenvalue weighted by atomic mass is 79.9. The largest absolute Gasteiger partial charge is 0.444 e. The summed E-state index contributed by atoms with van der Waals surface area (Å²) in [5.41, 5.74) is 3.21. The Morgan fingerprint density at radius 2 is 2.23 bits per heavy atom. The van der Waals surface area contributed by atoms with Crippen molar-refractivity contribution in [2.24, 2.45) is 18.8 Å². The highest BCUT2D eigenvalue weighted by Gasteiger charge is 2.36. The van der Waals surface area contributed by atoms with Gasteiger partial charge in [0.15, 0.2) is 4.60 Å². The molecule has 3 N–H and O–H groups in total. The number of nitrogens with two attached hydrogens (primary N) is 1. The average molecular weight is 375 g/mol. The zero-order valence-electron chi connectivity index (χ0n) is 13.3. The number of ether oxygens (including phenoxy) is 1. The van der Waals surface area contributed by atoms with Crippen molar-refractivity contribution in [1.82, 2.24) is 25.3 Å². The van der Waals surface area contributed by atoms with Gasteiger partial charge in [0.25, 0.3) is 0 Å². The highest BCUT2D eigenvalue weighted by molar-refractivity contribution is 9.10. The zero-order valence-corrected chi connectivity index (χ0v) is 14.9. The summed E-state index contributed by atoms with van der Waals surface area (Å²) < 4.78 is 7.76. The first-order valence-corrected chi connectivity index (χ1v) is 8.01. The number of hydrogen-bond donors (Lipinski definition) is 2. The fourth-order valence-corrected chi connectivity index (χ4v) is 3.23. The number of nitrogens with zero attached hydrogens (tertiary/aromatic N) is 4. The lowest BCUT2D eigenvalue weighted by Gasteiger charge is -2.26. The fourth-order valence-electron chi connectivity index (χ4n) is 2.66. The first-order chi connectivity index (χ1) is 10.2. The predicted molar refractivity (Wildman–Crippen MR) is 84.7 cm³/mol. The van der Waals surface area contributed by atoms with E-state index in [1.165, 1.54) is 0 Å². The predicted octanol–water partition coefficient (Wildman–Crippen LogP) is 1.34. The summed E-state index contributed by atoms with van der Waals surface area (Å²) in [7, 11) is 1.82. The van der Waals surface area contributed by atoms with Gasteiger partial charge in [0, 0.05) is 26.1 Å². The molecular weight excluding hydrogens is 352 g/mol. The molecule has 0 aliphatic carbocycles. The molecule has 1 amide bonds. The SMILES string of the molecule is Cn1nnc(Br)c1C(NN)C1CCN(C(=O)OC(C)(C)C)C1. The van der Waals surface area contributed by atoms with Crippen LogP contribution < -0.4 is 11.3 Å². The van der Waals surface area contributed by atoms with E-state index in [9.17, 15) is 4.79 Å². The van der Waals surface area contributed by atoms with Gasteiger partial charge < -0.3 is 9.64 Å². The van der Waals surface area contributed by atoms with E-state index in [1.807, 2.05) is 27.8 Å². The minimum absolute atomic E-state index is 0.137. The van der Waals surface area contributed by atoms with Crippen molar-refractivity contribution in [3.05, 3.63) is 10.3 Å². The standard InChI is InChI=1S/C13H23BrN6O2/c1-13(2,3)22-12(21)20-6-5-8(7-20)9(16-15)10-11(14)17-18-19(10)4/h8-9,16H,5-7,15H2,1-4H3. The Kier molecular flexibility index (Phi) is 5.08. The lowest BCUT2D eigenvalue weighted by Crippen LogP contribution is -2.39. The van der Waals surface area contributed by atoms with Crippen molar-refractivity contribution in [2.45, 2.75) is 38.8 Å². The Bertz CT molecular complexity index is 522. The zero-order chi connectivity index (χ0) is 16.5. The molecule has 2 rings (SSSR count). The molecule has 1 aromatic heterocycles. The molecule has 1 aliphatic rings. The number of rotatable bonds is 3. The second-order valence-electron chi connectivity index (χ2n) is 6.51. The summed E-state index contributed by atoms with van der Waals surface area (Å²) in [6.07, 6.45) is 0.555. The van der Waals surface area contributed by atoms with Crippen molar-refractivity contribution in [3.8, 4) is 0 Å². The maximum atomic E-state index is 12.2. The van der Waals surface area contributed by atoms with Crippen LogP contribution in [-0.2, 0) is 11.8 Å². The molecule has 0 radical (unpaired) electrons. The van der Waals surface area contributed by atoms with Crippen LogP contribution in [0.5, 0.6) is 0 Å². The molecule has 8 nitrogen and oxygen atoms in total. The molecule has 1 saturated heterocycles. The van der Waals surface area contributed by atoms with Crippen LogP contribution >= 0.6 is 15.9 Å². The van der Waals surface area contributed by atoms with E-state index >= 15 is 0 Å². The number of halogens is 1. The van der Waals surface area contributed by atoms with Crippen molar-refractivity contribution in [2.75, 3.05) is 13.1 Å².